The highest BCUT2D eigenvalue weighted by Crippen LogP contribution is 2.23. The Morgan fingerprint density at radius 3 is 2.60 bits per heavy atom. The van der Waals surface area contributed by atoms with Gasteiger partial charge in [-0.1, -0.05) is 0 Å². The number of carbonyl (C=O) groups excluding carboxylic acids is 1. The molecule has 0 aromatic carbocycles. The topological polar surface area (TPSA) is 82.7 Å². The number of carbonyl (C=O) groups is 1. The van der Waals surface area contributed by atoms with E-state index in [0.29, 0.717) is 26.1 Å². The fourth-order valence-electron chi connectivity index (χ4n) is 1.37. The Kier molecular flexibility index (Phi) is 3.96. The van der Waals surface area contributed by atoms with Gasteiger partial charge in [0.05, 0.1) is 37.1 Å². The molecule has 0 bridgehead atoms. The summed E-state index contributed by atoms with van der Waals surface area (Å²) in [5.41, 5.74) is 6.92. The van der Waals surface area contributed by atoms with Crippen molar-refractivity contribution in [1.82, 2.24) is 0 Å². The minimum absolute atomic E-state index is 0.0813. The Bertz CT molecular complexity index is 290. The molecule has 1 aliphatic heterocycles. The average Bonchev–Trinajstić information content (AvgIpc) is 2.66. The zero-order chi connectivity index (χ0) is 11.3. The van der Waals surface area contributed by atoms with Crippen molar-refractivity contribution in [2.75, 3.05) is 20.3 Å². The molecule has 0 amide bonds. The molecule has 1 fully saturated rings. The molecule has 1 saturated heterocycles. The van der Waals surface area contributed by atoms with Crippen LogP contribution < -0.4 is 0 Å². The van der Waals surface area contributed by atoms with Gasteiger partial charge in [-0.05, 0) is 6.92 Å². The van der Waals surface area contributed by atoms with Crippen LogP contribution in [-0.2, 0) is 19.0 Å². The van der Waals surface area contributed by atoms with Gasteiger partial charge in [-0.25, -0.2) is 4.79 Å². The van der Waals surface area contributed by atoms with Crippen molar-refractivity contribution >= 4 is 11.7 Å². The van der Waals surface area contributed by atoms with E-state index in [2.05, 4.69) is 9.53 Å². The molecule has 1 rings (SSSR count). The van der Waals surface area contributed by atoms with Crippen molar-refractivity contribution in [3.63, 3.8) is 0 Å². The van der Waals surface area contributed by atoms with Crippen LogP contribution in [0, 0.1) is 5.53 Å². The predicted octanol–water partition coefficient (Wildman–Crippen LogP) is 0.383. The Labute approximate surface area is 87.7 Å². The van der Waals surface area contributed by atoms with E-state index in [1.54, 1.807) is 6.92 Å². The third-order valence-electron chi connectivity index (χ3n) is 2.27. The van der Waals surface area contributed by atoms with Crippen molar-refractivity contribution in [2.45, 2.75) is 25.6 Å². The molecule has 0 aliphatic carbocycles. The summed E-state index contributed by atoms with van der Waals surface area (Å²) in [5, 5.41) is 0. The Balaban J connectivity index is 2.48. The van der Waals surface area contributed by atoms with E-state index in [9.17, 15) is 4.79 Å². The second-order valence-electron chi connectivity index (χ2n) is 3.38. The van der Waals surface area contributed by atoms with E-state index in [1.807, 2.05) is 0 Å². The summed E-state index contributed by atoms with van der Waals surface area (Å²) < 4.78 is 15.2. The highest BCUT2D eigenvalue weighted by molar-refractivity contribution is 6.33. The van der Waals surface area contributed by atoms with E-state index >= 15 is 0 Å². The molecule has 0 atom stereocenters. The van der Waals surface area contributed by atoms with E-state index in [0.717, 1.165) is 0 Å². The van der Waals surface area contributed by atoms with Gasteiger partial charge in [0.15, 0.2) is 5.79 Å². The third kappa shape index (κ3) is 3.13. The van der Waals surface area contributed by atoms with E-state index < -0.39 is 11.8 Å². The fourth-order valence-corrected chi connectivity index (χ4v) is 1.37. The molecule has 0 aromatic heterocycles. The van der Waals surface area contributed by atoms with Crippen LogP contribution in [-0.4, -0.2) is 42.6 Å². The number of esters is 1. The van der Waals surface area contributed by atoms with Crippen molar-refractivity contribution in [3.8, 4) is 0 Å². The molecule has 0 aromatic rings. The van der Waals surface area contributed by atoms with Crippen LogP contribution in [0.3, 0.4) is 0 Å². The van der Waals surface area contributed by atoms with Crippen LogP contribution in [0.5, 0.6) is 0 Å². The van der Waals surface area contributed by atoms with Crippen molar-refractivity contribution in [3.05, 3.63) is 0 Å². The summed E-state index contributed by atoms with van der Waals surface area (Å²) in [6.07, 6.45) is 0.798. The van der Waals surface area contributed by atoms with Crippen molar-refractivity contribution in [1.29, 1.82) is 5.53 Å². The smallest absolute Gasteiger partial charge is 0.425 e. The van der Waals surface area contributed by atoms with E-state index in [1.165, 1.54) is 7.11 Å². The standard InChI is InChI=1S/C9H15N2O4/c1-9(14-5-6-15-9)4-3-7(11-10)8(12)13-2/h10H,3-6H2,1-2H3/q+1. The molecule has 0 radical (unpaired) electrons. The monoisotopic (exact) mass is 215 g/mol. The summed E-state index contributed by atoms with van der Waals surface area (Å²) in [5.74, 6) is -1.24. The predicted molar refractivity (Wildman–Crippen MR) is 49.5 cm³/mol. The highest BCUT2D eigenvalue weighted by atomic mass is 16.7. The number of nitrogens with one attached hydrogen (secondary N) is 1. The van der Waals surface area contributed by atoms with E-state index in [-0.39, 0.29) is 5.71 Å². The maximum absolute atomic E-state index is 11.1. The maximum Gasteiger partial charge on any atom is 0.425 e. The number of methoxy groups -OCH3 is 1. The number of hydrogen-bond donors (Lipinski definition) is 1. The summed E-state index contributed by atoms with van der Waals surface area (Å²) in [6, 6.07) is 0. The van der Waals surface area contributed by atoms with Gasteiger partial charge in [0, 0.05) is 6.42 Å². The largest absolute Gasteiger partial charge is 0.460 e. The molecular weight excluding hydrogens is 200 g/mol. The second kappa shape index (κ2) is 5.02. The first-order chi connectivity index (χ1) is 7.11. The zero-order valence-corrected chi connectivity index (χ0v) is 8.91. The van der Waals surface area contributed by atoms with Gasteiger partial charge in [-0.3, -0.25) is 0 Å². The molecule has 0 unspecified atom stereocenters. The number of ether oxygens (including phenoxy) is 3. The Morgan fingerprint density at radius 1 is 1.53 bits per heavy atom. The van der Waals surface area contributed by atoms with Crippen LogP contribution in [0.25, 0.3) is 0 Å². The highest BCUT2D eigenvalue weighted by Gasteiger charge is 2.34. The quantitative estimate of drug-likeness (QED) is 0.318. The van der Waals surface area contributed by atoms with Gasteiger partial charge >= 0.3 is 11.7 Å². The van der Waals surface area contributed by atoms with Crippen LogP contribution in [0.15, 0.2) is 0 Å². The van der Waals surface area contributed by atoms with Crippen LogP contribution in [0.4, 0.5) is 0 Å². The molecule has 15 heavy (non-hydrogen) atoms. The molecule has 6 heteroatoms. The lowest BCUT2D eigenvalue weighted by molar-refractivity contribution is -0.159. The molecule has 1 heterocycles. The lowest BCUT2D eigenvalue weighted by Crippen LogP contribution is -2.28. The Morgan fingerprint density at radius 2 is 2.13 bits per heavy atom. The van der Waals surface area contributed by atoms with Gasteiger partial charge in [-0.15, -0.1) is 0 Å². The molecule has 84 valence electrons. The lowest BCUT2D eigenvalue weighted by Gasteiger charge is -2.20. The molecule has 0 spiro atoms. The Hall–Kier alpha value is -1.23. The normalized spacial score (nSPS) is 18.3. The van der Waals surface area contributed by atoms with Crippen molar-refractivity contribution in [2.24, 2.45) is 0 Å². The van der Waals surface area contributed by atoms with Gasteiger partial charge in [0.2, 0.25) is 0 Å². The third-order valence-corrected chi connectivity index (χ3v) is 2.27. The molecule has 0 saturated carbocycles. The summed E-state index contributed by atoms with van der Waals surface area (Å²) in [6.45, 7) is 2.92. The van der Waals surface area contributed by atoms with E-state index in [4.69, 9.17) is 15.0 Å². The fraction of sp³-hybridized carbons (Fsp3) is 0.778. The minimum Gasteiger partial charge on any atom is -0.460 e. The van der Waals surface area contributed by atoms with Gasteiger partial charge in [0.25, 0.3) is 0 Å². The average molecular weight is 215 g/mol. The van der Waals surface area contributed by atoms with Gasteiger partial charge < -0.3 is 14.2 Å². The van der Waals surface area contributed by atoms with Crippen LogP contribution in [0.2, 0.25) is 0 Å². The molecular formula is C9H15N2O4+. The number of rotatable bonds is 4. The first-order valence-corrected chi connectivity index (χ1v) is 4.71. The summed E-state index contributed by atoms with van der Waals surface area (Å²) in [7, 11) is 1.26. The van der Waals surface area contributed by atoms with Crippen LogP contribution in [0.1, 0.15) is 19.8 Å². The number of nitrogens with zero attached hydrogens (tertiary/aromatic N) is 1. The van der Waals surface area contributed by atoms with Crippen molar-refractivity contribution < 1.29 is 23.8 Å². The minimum atomic E-state index is -0.663. The maximum atomic E-state index is 11.1. The molecule has 1 aliphatic rings. The second-order valence-corrected chi connectivity index (χ2v) is 3.38. The van der Waals surface area contributed by atoms with Gasteiger partial charge in [-0.2, -0.15) is 0 Å². The number of hydrogen-bond acceptors (Lipinski definition) is 5. The SMILES string of the molecule is COC(=O)C(CCC1(C)OCCO1)=[N+]=N. The van der Waals surface area contributed by atoms with Gasteiger partial charge in [0.1, 0.15) is 0 Å². The first-order valence-electron chi connectivity index (χ1n) is 4.71. The molecule has 6 nitrogen and oxygen atoms in total. The van der Waals surface area contributed by atoms with Crippen LogP contribution >= 0.6 is 0 Å². The lowest BCUT2D eigenvalue weighted by atomic mass is 10.1. The zero-order valence-electron chi connectivity index (χ0n) is 8.91. The summed E-state index contributed by atoms with van der Waals surface area (Å²) in [4.78, 5) is 14.2. The first kappa shape index (κ1) is 11.8. The summed E-state index contributed by atoms with van der Waals surface area (Å²) >= 11 is 0. The molecule has 1 N–H and O–H groups in total.